The summed E-state index contributed by atoms with van der Waals surface area (Å²) in [6.45, 7) is 2.15. The van der Waals surface area contributed by atoms with Gasteiger partial charge in [0.15, 0.2) is 5.65 Å². The smallest absolute Gasteiger partial charge is 0.270 e. The Balaban J connectivity index is 1.42. The predicted molar refractivity (Wildman–Crippen MR) is 89.0 cm³/mol. The van der Waals surface area contributed by atoms with E-state index in [1.54, 1.807) is 25.3 Å². The molecule has 9 heteroatoms. The second-order valence-corrected chi connectivity index (χ2v) is 6.30. The minimum atomic E-state index is -0.413. The van der Waals surface area contributed by atoms with E-state index in [1.807, 2.05) is 0 Å². The molecular formula is C16H17N7O2. The molecule has 3 aromatic rings. The van der Waals surface area contributed by atoms with Crippen molar-refractivity contribution < 1.29 is 9.59 Å². The molecule has 1 aliphatic carbocycles. The molecule has 0 radical (unpaired) electrons. The van der Waals surface area contributed by atoms with E-state index in [4.69, 9.17) is 0 Å². The fraction of sp³-hybridized carbons (Fsp3) is 0.312. The number of pyridine rings is 1. The maximum atomic E-state index is 12.6. The summed E-state index contributed by atoms with van der Waals surface area (Å²) in [5.41, 5.74) is 1.69. The summed E-state index contributed by atoms with van der Waals surface area (Å²) in [5, 5.41) is 19.9. The van der Waals surface area contributed by atoms with Crippen molar-refractivity contribution in [1.82, 2.24) is 36.0 Å². The zero-order chi connectivity index (χ0) is 17.4. The van der Waals surface area contributed by atoms with Crippen LogP contribution >= 0.6 is 0 Å². The number of nitrogens with one attached hydrogen (secondary N) is 4. The number of aromatic amines is 2. The number of nitrogens with zero attached hydrogens (tertiary/aromatic N) is 3. The molecule has 3 heterocycles. The second kappa shape index (κ2) is 5.69. The third-order valence-corrected chi connectivity index (χ3v) is 4.45. The molecule has 2 amide bonds. The van der Waals surface area contributed by atoms with Gasteiger partial charge in [-0.15, -0.1) is 0 Å². The molecule has 1 fully saturated rings. The highest BCUT2D eigenvalue weighted by Gasteiger charge is 2.44. The summed E-state index contributed by atoms with van der Waals surface area (Å²) in [7, 11) is 0. The van der Waals surface area contributed by atoms with Crippen LogP contribution in [0.5, 0.6) is 0 Å². The first kappa shape index (κ1) is 15.3. The normalized spacial score (nSPS) is 15.1. The molecule has 3 aromatic heterocycles. The average molecular weight is 339 g/mol. The lowest BCUT2D eigenvalue weighted by Gasteiger charge is -2.17. The van der Waals surface area contributed by atoms with E-state index in [0.29, 0.717) is 34.5 Å². The van der Waals surface area contributed by atoms with E-state index in [-0.39, 0.29) is 11.8 Å². The average Bonchev–Trinajstić information content (AvgIpc) is 3.04. The van der Waals surface area contributed by atoms with Gasteiger partial charge in [0.2, 0.25) is 0 Å². The van der Waals surface area contributed by atoms with Gasteiger partial charge in [-0.25, -0.2) is 4.98 Å². The van der Waals surface area contributed by atoms with Crippen LogP contribution in [0.2, 0.25) is 0 Å². The van der Waals surface area contributed by atoms with Gasteiger partial charge in [-0.2, -0.15) is 10.2 Å². The predicted octanol–water partition coefficient (Wildman–Crippen LogP) is 0.682. The Morgan fingerprint density at radius 2 is 2.12 bits per heavy atom. The summed E-state index contributed by atoms with van der Waals surface area (Å²) in [4.78, 5) is 28.9. The van der Waals surface area contributed by atoms with E-state index >= 15 is 0 Å². The van der Waals surface area contributed by atoms with Gasteiger partial charge in [0.25, 0.3) is 11.8 Å². The molecule has 0 spiro atoms. The Labute approximate surface area is 142 Å². The van der Waals surface area contributed by atoms with E-state index in [9.17, 15) is 9.59 Å². The van der Waals surface area contributed by atoms with Crippen molar-refractivity contribution in [2.45, 2.75) is 25.3 Å². The van der Waals surface area contributed by atoms with Gasteiger partial charge >= 0.3 is 0 Å². The van der Waals surface area contributed by atoms with E-state index < -0.39 is 5.54 Å². The lowest BCUT2D eigenvalue weighted by Crippen LogP contribution is -2.46. The Hall–Kier alpha value is -3.23. The molecule has 128 valence electrons. The van der Waals surface area contributed by atoms with Crippen LogP contribution in [0.15, 0.2) is 24.5 Å². The molecule has 4 N–H and O–H groups in total. The second-order valence-electron chi connectivity index (χ2n) is 6.30. The molecule has 1 saturated carbocycles. The van der Waals surface area contributed by atoms with Crippen LogP contribution in [-0.2, 0) is 0 Å². The number of carbonyl (C=O) groups excluding carboxylic acids is 2. The standard InChI is InChI=1S/C16H17N7O2/c1-9-11(7-19-21-9)14(24)18-8-16(4-5-16)20-15(25)12-10-3-2-6-17-13(10)23-22-12/h2-3,6-7H,4-5,8H2,1H3,(H,18,24)(H,19,21)(H,20,25)(H,17,22,23). The molecule has 0 aromatic carbocycles. The van der Waals surface area contributed by atoms with Crippen LogP contribution in [0.4, 0.5) is 0 Å². The van der Waals surface area contributed by atoms with Crippen molar-refractivity contribution >= 4 is 22.8 Å². The van der Waals surface area contributed by atoms with Gasteiger partial charge in [0, 0.05) is 18.4 Å². The quantitative estimate of drug-likeness (QED) is 0.543. The minimum absolute atomic E-state index is 0.206. The summed E-state index contributed by atoms with van der Waals surface area (Å²) in [6.07, 6.45) is 4.74. The fourth-order valence-electron chi connectivity index (χ4n) is 2.75. The summed E-state index contributed by atoms with van der Waals surface area (Å²) >= 11 is 0. The molecular weight excluding hydrogens is 322 g/mol. The summed E-state index contributed by atoms with van der Waals surface area (Å²) in [6, 6.07) is 3.55. The van der Waals surface area contributed by atoms with E-state index in [1.165, 1.54) is 6.20 Å². The number of hydrogen-bond acceptors (Lipinski definition) is 5. The number of hydrogen-bond donors (Lipinski definition) is 4. The van der Waals surface area contributed by atoms with Crippen LogP contribution in [0.25, 0.3) is 11.0 Å². The zero-order valence-electron chi connectivity index (χ0n) is 13.6. The number of fused-ring (bicyclic) bond motifs is 1. The third-order valence-electron chi connectivity index (χ3n) is 4.45. The van der Waals surface area contributed by atoms with Crippen LogP contribution in [0.1, 0.15) is 39.4 Å². The van der Waals surface area contributed by atoms with Crippen LogP contribution in [0.3, 0.4) is 0 Å². The Kier molecular flexibility index (Phi) is 3.48. The SMILES string of the molecule is Cc1[nH]ncc1C(=O)NCC1(NC(=O)c2[nH]nc3ncccc23)CC1. The van der Waals surface area contributed by atoms with Crippen molar-refractivity contribution in [3.63, 3.8) is 0 Å². The molecule has 25 heavy (non-hydrogen) atoms. The van der Waals surface area contributed by atoms with Crippen molar-refractivity contribution in [2.24, 2.45) is 0 Å². The van der Waals surface area contributed by atoms with Gasteiger partial charge in [-0.1, -0.05) is 0 Å². The Morgan fingerprint density at radius 1 is 1.28 bits per heavy atom. The van der Waals surface area contributed by atoms with Crippen LogP contribution in [-0.4, -0.2) is 49.3 Å². The number of rotatable bonds is 5. The van der Waals surface area contributed by atoms with E-state index in [0.717, 1.165) is 12.8 Å². The van der Waals surface area contributed by atoms with Crippen LogP contribution < -0.4 is 10.6 Å². The Morgan fingerprint density at radius 3 is 2.84 bits per heavy atom. The van der Waals surface area contributed by atoms with Crippen LogP contribution in [0, 0.1) is 6.92 Å². The number of amides is 2. The van der Waals surface area contributed by atoms with Crippen molar-refractivity contribution in [1.29, 1.82) is 0 Å². The first-order valence-electron chi connectivity index (χ1n) is 7.98. The minimum Gasteiger partial charge on any atom is -0.350 e. The fourth-order valence-corrected chi connectivity index (χ4v) is 2.75. The van der Waals surface area contributed by atoms with Crippen molar-refractivity contribution in [2.75, 3.05) is 6.54 Å². The van der Waals surface area contributed by atoms with Gasteiger partial charge in [0.05, 0.1) is 22.7 Å². The molecule has 9 nitrogen and oxygen atoms in total. The molecule has 0 bridgehead atoms. The Bertz CT molecular complexity index is 954. The topological polar surface area (TPSA) is 128 Å². The van der Waals surface area contributed by atoms with Crippen molar-refractivity contribution in [3.8, 4) is 0 Å². The lowest BCUT2D eigenvalue weighted by atomic mass is 10.2. The monoisotopic (exact) mass is 339 g/mol. The summed E-state index contributed by atoms with van der Waals surface area (Å²) < 4.78 is 0. The largest absolute Gasteiger partial charge is 0.350 e. The highest BCUT2D eigenvalue weighted by atomic mass is 16.2. The maximum absolute atomic E-state index is 12.6. The molecule has 0 atom stereocenters. The van der Waals surface area contributed by atoms with Crippen molar-refractivity contribution in [3.05, 3.63) is 41.5 Å². The van der Waals surface area contributed by atoms with Gasteiger partial charge in [0.1, 0.15) is 5.69 Å². The lowest BCUT2D eigenvalue weighted by molar-refractivity contribution is 0.0900. The molecule has 1 aliphatic rings. The third kappa shape index (κ3) is 2.84. The number of carbonyl (C=O) groups is 2. The highest BCUT2D eigenvalue weighted by molar-refractivity contribution is 6.04. The van der Waals surface area contributed by atoms with E-state index in [2.05, 4.69) is 36.0 Å². The molecule has 0 saturated heterocycles. The maximum Gasteiger partial charge on any atom is 0.270 e. The number of H-pyrrole nitrogens is 2. The van der Waals surface area contributed by atoms with Gasteiger partial charge < -0.3 is 10.6 Å². The number of aryl methyl sites for hydroxylation is 1. The number of aromatic nitrogens is 5. The van der Waals surface area contributed by atoms with Gasteiger partial charge in [-0.3, -0.25) is 19.8 Å². The highest BCUT2D eigenvalue weighted by Crippen LogP contribution is 2.35. The van der Waals surface area contributed by atoms with Gasteiger partial charge in [-0.05, 0) is 31.9 Å². The zero-order valence-corrected chi connectivity index (χ0v) is 13.6. The first-order valence-corrected chi connectivity index (χ1v) is 7.98. The first-order chi connectivity index (χ1) is 12.1. The molecule has 0 aliphatic heterocycles. The molecule has 4 rings (SSSR count). The molecule has 0 unspecified atom stereocenters. The summed E-state index contributed by atoms with van der Waals surface area (Å²) in [5.74, 6) is -0.454.